The van der Waals surface area contributed by atoms with E-state index in [1.54, 1.807) is 4.90 Å². The quantitative estimate of drug-likeness (QED) is 0.479. The molecule has 9 heteroatoms. The second-order valence-electron chi connectivity index (χ2n) is 11.1. The number of aliphatic hydroxyl groups excluding tert-OH is 1. The van der Waals surface area contributed by atoms with Gasteiger partial charge in [0.1, 0.15) is 0 Å². The molecule has 2 amide bonds. The van der Waals surface area contributed by atoms with E-state index >= 15 is 0 Å². The lowest BCUT2D eigenvalue weighted by Crippen LogP contribution is -2.46. The van der Waals surface area contributed by atoms with Gasteiger partial charge >= 0.3 is 0 Å². The van der Waals surface area contributed by atoms with E-state index in [0.717, 1.165) is 46.4 Å². The first kappa shape index (κ1) is 26.6. The number of benzene rings is 2. The standard InChI is InChI=1S/C28H35BrN2O5Si/c1-18-26(37(2,3)35)24(13-15-32)36-28(18)22-16-20(29)9-12-23(22)31(27(28)34)17-19-7-10-21(11-8-19)30-14-5-4-6-25(30)33/h7-12,16,18,24,26,32,35H,4-6,13-15,17H2,1-3H3/t18-,24+,26-,28+/m0/s1. The van der Waals surface area contributed by atoms with Gasteiger partial charge in [0.05, 0.1) is 18.3 Å². The van der Waals surface area contributed by atoms with E-state index in [1.165, 1.54) is 0 Å². The van der Waals surface area contributed by atoms with Crippen molar-refractivity contribution in [1.29, 1.82) is 0 Å². The fourth-order valence-electron chi connectivity index (χ4n) is 6.65. The molecule has 2 N–H and O–H groups in total. The Kier molecular flexibility index (Phi) is 7.13. The minimum absolute atomic E-state index is 0.0659. The molecule has 0 saturated carbocycles. The van der Waals surface area contributed by atoms with Crippen LogP contribution in [-0.2, 0) is 26.5 Å². The first-order valence-electron chi connectivity index (χ1n) is 13.1. The maximum atomic E-state index is 14.3. The third-order valence-electron chi connectivity index (χ3n) is 8.27. The molecule has 0 bridgehead atoms. The molecule has 3 heterocycles. The number of nitrogens with zero attached hydrogens (tertiary/aromatic N) is 2. The van der Waals surface area contributed by atoms with E-state index in [-0.39, 0.29) is 29.9 Å². The zero-order valence-corrected chi connectivity index (χ0v) is 24.2. The minimum Gasteiger partial charge on any atom is -0.432 e. The SMILES string of the molecule is C[C@H]1[C@H]([Si](C)(C)O)[C@@H](CCO)O[C@]12C(=O)N(Cc1ccc(N3CCCCC3=O)cc1)c1ccc(Br)cc12. The number of fused-ring (bicyclic) bond motifs is 2. The van der Waals surface area contributed by atoms with Crippen LogP contribution in [0.15, 0.2) is 46.9 Å². The minimum atomic E-state index is -2.72. The van der Waals surface area contributed by atoms with Gasteiger partial charge in [-0.1, -0.05) is 35.0 Å². The highest BCUT2D eigenvalue weighted by Gasteiger charge is 2.66. The van der Waals surface area contributed by atoms with Gasteiger partial charge < -0.3 is 24.4 Å². The van der Waals surface area contributed by atoms with Gasteiger partial charge in [-0.05, 0) is 68.3 Å². The molecule has 0 aliphatic carbocycles. The normalized spacial score (nSPS) is 27.9. The summed E-state index contributed by atoms with van der Waals surface area (Å²) >= 11 is 3.57. The molecule has 0 aromatic heterocycles. The Labute approximate surface area is 227 Å². The van der Waals surface area contributed by atoms with E-state index in [1.807, 2.05) is 67.4 Å². The van der Waals surface area contributed by atoms with Crippen LogP contribution >= 0.6 is 15.9 Å². The van der Waals surface area contributed by atoms with Crippen LogP contribution in [0.25, 0.3) is 0 Å². The molecule has 4 atom stereocenters. The third kappa shape index (κ3) is 4.48. The van der Waals surface area contributed by atoms with Crippen molar-refractivity contribution in [2.75, 3.05) is 23.0 Å². The molecular weight excluding hydrogens is 552 g/mol. The molecule has 3 aliphatic heterocycles. The van der Waals surface area contributed by atoms with Crippen LogP contribution in [0.4, 0.5) is 11.4 Å². The van der Waals surface area contributed by atoms with Gasteiger partial charge in [0.25, 0.3) is 5.91 Å². The first-order valence-corrected chi connectivity index (χ1v) is 16.9. The molecule has 2 aromatic rings. The summed E-state index contributed by atoms with van der Waals surface area (Å²) in [5.41, 5.74) is 2.04. The third-order valence-corrected chi connectivity index (χ3v) is 11.3. The molecule has 1 spiro atoms. The number of anilines is 2. The molecule has 2 fully saturated rings. The van der Waals surface area contributed by atoms with E-state index in [4.69, 9.17) is 4.74 Å². The summed E-state index contributed by atoms with van der Waals surface area (Å²) < 4.78 is 7.49. The second kappa shape index (κ2) is 9.93. The molecule has 37 heavy (non-hydrogen) atoms. The summed E-state index contributed by atoms with van der Waals surface area (Å²) in [4.78, 5) is 41.4. The predicted octanol–water partition coefficient (Wildman–Crippen LogP) is 4.69. The van der Waals surface area contributed by atoms with Crippen molar-refractivity contribution in [1.82, 2.24) is 0 Å². The highest BCUT2D eigenvalue weighted by atomic mass is 79.9. The monoisotopic (exact) mass is 586 g/mol. The van der Waals surface area contributed by atoms with Crippen LogP contribution in [0.3, 0.4) is 0 Å². The van der Waals surface area contributed by atoms with Gasteiger partial charge in [-0.2, -0.15) is 0 Å². The summed E-state index contributed by atoms with van der Waals surface area (Å²) in [7, 11) is -2.72. The number of amides is 2. The van der Waals surface area contributed by atoms with Crippen molar-refractivity contribution in [3.63, 3.8) is 0 Å². The number of ether oxygens (including phenoxy) is 1. The van der Waals surface area contributed by atoms with Crippen LogP contribution in [-0.4, -0.2) is 49.3 Å². The smallest absolute Gasteiger partial charge is 0.264 e. The van der Waals surface area contributed by atoms with Crippen molar-refractivity contribution in [3.8, 4) is 0 Å². The molecule has 0 unspecified atom stereocenters. The Hall–Kier alpha value is -2.04. The second-order valence-corrected chi connectivity index (χ2v) is 16.0. The van der Waals surface area contributed by atoms with Gasteiger partial charge in [0.2, 0.25) is 5.91 Å². The Bertz CT molecular complexity index is 1200. The number of halogens is 1. The lowest BCUT2D eigenvalue weighted by Gasteiger charge is -2.32. The van der Waals surface area contributed by atoms with Gasteiger partial charge in [-0.25, -0.2) is 0 Å². The van der Waals surface area contributed by atoms with E-state index < -0.39 is 20.0 Å². The molecular formula is C28H35BrN2O5Si. The zero-order chi connectivity index (χ0) is 26.5. The average Bonchev–Trinajstić information content (AvgIpc) is 3.27. The fourth-order valence-corrected chi connectivity index (χ4v) is 9.61. The number of piperidine rings is 1. The van der Waals surface area contributed by atoms with Crippen molar-refractivity contribution >= 4 is 47.4 Å². The van der Waals surface area contributed by atoms with Gasteiger partial charge in [0.15, 0.2) is 13.9 Å². The van der Waals surface area contributed by atoms with E-state index in [9.17, 15) is 19.5 Å². The number of aliphatic hydroxyl groups is 1. The number of hydrogen-bond donors (Lipinski definition) is 2. The Balaban J connectivity index is 1.49. The number of rotatable bonds is 6. The van der Waals surface area contributed by atoms with E-state index in [2.05, 4.69) is 15.9 Å². The maximum absolute atomic E-state index is 14.3. The Morgan fingerprint density at radius 3 is 2.51 bits per heavy atom. The summed E-state index contributed by atoms with van der Waals surface area (Å²) in [5.74, 6) is -0.231. The zero-order valence-electron chi connectivity index (χ0n) is 21.6. The lowest BCUT2D eigenvalue weighted by atomic mass is 9.82. The van der Waals surface area contributed by atoms with Gasteiger partial charge in [0, 0.05) is 46.8 Å². The number of carbonyl (C=O) groups is 2. The van der Waals surface area contributed by atoms with Crippen molar-refractivity contribution in [3.05, 3.63) is 58.1 Å². The Morgan fingerprint density at radius 1 is 1.14 bits per heavy atom. The van der Waals surface area contributed by atoms with Crippen LogP contribution in [0.2, 0.25) is 18.6 Å². The number of hydrogen-bond acceptors (Lipinski definition) is 5. The highest BCUT2D eigenvalue weighted by Crippen LogP contribution is 2.60. The van der Waals surface area contributed by atoms with Gasteiger partial charge in [-0.3, -0.25) is 9.59 Å². The van der Waals surface area contributed by atoms with Crippen LogP contribution < -0.4 is 9.80 Å². The summed E-state index contributed by atoms with van der Waals surface area (Å²) in [5, 5.41) is 9.74. The molecule has 2 saturated heterocycles. The molecule has 0 radical (unpaired) electrons. The topological polar surface area (TPSA) is 90.3 Å². The van der Waals surface area contributed by atoms with Crippen molar-refractivity contribution < 1.29 is 24.2 Å². The van der Waals surface area contributed by atoms with Gasteiger partial charge in [-0.15, -0.1) is 0 Å². The summed E-state index contributed by atoms with van der Waals surface area (Å²) in [6.07, 6.45) is 2.51. The molecule has 7 nitrogen and oxygen atoms in total. The van der Waals surface area contributed by atoms with Crippen molar-refractivity contribution in [2.45, 2.75) is 69.5 Å². The van der Waals surface area contributed by atoms with E-state index in [0.29, 0.717) is 19.4 Å². The lowest BCUT2D eigenvalue weighted by molar-refractivity contribution is -0.146. The molecule has 3 aliphatic rings. The highest BCUT2D eigenvalue weighted by molar-refractivity contribution is 9.10. The average molecular weight is 588 g/mol. The Morgan fingerprint density at radius 2 is 1.86 bits per heavy atom. The molecule has 2 aromatic carbocycles. The maximum Gasteiger partial charge on any atom is 0.264 e. The summed E-state index contributed by atoms with van der Waals surface area (Å²) in [6.45, 7) is 6.81. The molecule has 198 valence electrons. The predicted molar refractivity (Wildman–Crippen MR) is 149 cm³/mol. The largest absolute Gasteiger partial charge is 0.432 e. The molecule has 5 rings (SSSR count). The van der Waals surface area contributed by atoms with Crippen molar-refractivity contribution in [2.24, 2.45) is 5.92 Å². The fraction of sp³-hybridized carbons (Fsp3) is 0.500. The van der Waals surface area contributed by atoms with Crippen LogP contribution in [0.1, 0.15) is 43.7 Å². The summed E-state index contributed by atoms with van der Waals surface area (Å²) in [6, 6.07) is 13.7. The van der Waals surface area contributed by atoms with Crippen LogP contribution in [0.5, 0.6) is 0 Å². The number of carbonyl (C=O) groups excluding carboxylic acids is 2. The first-order chi connectivity index (χ1) is 17.6. The van der Waals surface area contributed by atoms with Crippen LogP contribution in [0, 0.1) is 5.92 Å².